The molecule has 0 bridgehead atoms. The minimum absolute atomic E-state index is 0.0127. The Kier molecular flexibility index (Phi) is 2.71. The van der Waals surface area contributed by atoms with E-state index in [4.69, 9.17) is 9.84 Å². The van der Waals surface area contributed by atoms with Gasteiger partial charge < -0.3 is 9.84 Å². The number of ketones is 1. The van der Waals surface area contributed by atoms with Gasteiger partial charge >= 0.3 is 5.97 Å². The molecule has 0 amide bonds. The lowest BCUT2D eigenvalue weighted by Gasteiger charge is -2.34. The molecule has 4 heteroatoms. The van der Waals surface area contributed by atoms with Gasteiger partial charge in [-0.3, -0.25) is 9.59 Å². The average Bonchev–Trinajstić information content (AvgIpc) is 2.04. The van der Waals surface area contributed by atoms with Gasteiger partial charge in [0.15, 0.2) is 11.2 Å². The average molecular weight is 186 g/mol. The van der Waals surface area contributed by atoms with Crippen LogP contribution in [0.4, 0.5) is 0 Å². The van der Waals surface area contributed by atoms with E-state index in [-0.39, 0.29) is 24.7 Å². The maximum atomic E-state index is 11.5. The molecule has 1 aliphatic rings. The number of carbonyl (C=O) groups is 2. The fourth-order valence-corrected chi connectivity index (χ4v) is 1.62. The van der Waals surface area contributed by atoms with Crippen molar-refractivity contribution < 1.29 is 19.4 Å². The molecule has 1 atom stereocenters. The molecule has 1 fully saturated rings. The van der Waals surface area contributed by atoms with Gasteiger partial charge in [-0.1, -0.05) is 13.8 Å². The molecule has 0 aromatic rings. The van der Waals surface area contributed by atoms with Crippen LogP contribution in [0.25, 0.3) is 0 Å². The van der Waals surface area contributed by atoms with E-state index < -0.39 is 11.4 Å². The number of carboxylic acids is 1. The van der Waals surface area contributed by atoms with E-state index >= 15 is 0 Å². The number of carboxylic acid groups (broad SMARTS) is 1. The first-order valence-electron chi connectivity index (χ1n) is 4.36. The van der Waals surface area contributed by atoms with Gasteiger partial charge in [0.25, 0.3) is 0 Å². The Balaban J connectivity index is 3.00. The van der Waals surface area contributed by atoms with Crippen molar-refractivity contribution in [1.29, 1.82) is 0 Å². The first-order valence-corrected chi connectivity index (χ1v) is 4.36. The standard InChI is InChI=1S/C9H14O4/c1-6(2)9(8(11)12)5-13-4-3-7(9)10/h6H,3-5H2,1-2H3,(H,11,12). The summed E-state index contributed by atoms with van der Waals surface area (Å²) in [6, 6.07) is 0. The first-order chi connectivity index (χ1) is 6.01. The number of hydrogen-bond acceptors (Lipinski definition) is 3. The number of rotatable bonds is 2. The van der Waals surface area contributed by atoms with Crippen LogP contribution in [0.3, 0.4) is 0 Å². The molecule has 0 radical (unpaired) electrons. The van der Waals surface area contributed by atoms with Crippen molar-refractivity contribution in [2.45, 2.75) is 20.3 Å². The zero-order chi connectivity index (χ0) is 10.1. The summed E-state index contributed by atoms with van der Waals surface area (Å²) in [4.78, 5) is 22.6. The molecule has 0 aliphatic carbocycles. The van der Waals surface area contributed by atoms with E-state index in [9.17, 15) is 9.59 Å². The van der Waals surface area contributed by atoms with E-state index in [1.54, 1.807) is 13.8 Å². The number of aliphatic carboxylic acids is 1. The van der Waals surface area contributed by atoms with E-state index in [0.717, 1.165) is 0 Å². The predicted molar refractivity (Wildman–Crippen MR) is 45.3 cm³/mol. The van der Waals surface area contributed by atoms with E-state index in [1.807, 2.05) is 0 Å². The van der Waals surface area contributed by atoms with Gasteiger partial charge in [-0.15, -0.1) is 0 Å². The van der Waals surface area contributed by atoms with Gasteiger partial charge in [-0.2, -0.15) is 0 Å². The molecule has 0 aromatic carbocycles. The number of hydrogen-bond donors (Lipinski definition) is 1. The van der Waals surface area contributed by atoms with Crippen LogP contribution in [0, 0.1) is 11.3 Å². The van der Waals surface area contributed by atoms with Gasteiger partial charge in [-0.05, 0) is 5.92 Å². The molecular formula is C9H14O4. The highest BCUT2D eigenvalue weighted by Gasteiger charge is 2.50. The molecule has 1 rings (SSSR count). The van der Waals surface area contributed by atoms with Gasteiger partial charge in [0, 0.05) is 6.42 Å². The van der Waals surface area contributed by atoms with Crippen LogP contribution >= 0.6 is 0 Å². The predicted octanol–water partition coefficient (Wildman–Crippen LogP) is 0.703. The van der Waals surface area contributed by atoms with Crippen LogP contribution in [0.1, 0.15) is 20.3 Å². The Morgan fingerprint density at radius 1 is 1.62 bits per heavy atom. The molecule has 0 spiro atoms. The molecule has 74 valence electrons. The second-order valence-corrected chi connectivity index (χ2v) is 3.66. The van der Waals surface area contributed by atoms with Crippen molar-refractivity contribution >= 4 is 11.8 Å². The highest BCUT2D eigenvalue weighted by Crippen LogP contribution is 2.33. The van der Waals surface area contributed by atoms with E-state index in [1.165, 1.54) is 0 Å². The maximum absolute atomic E-state index is 11.5. The number of ether oxygens (including phenoxy) is 1. The van der Waals surface area contributed by atoms with Crippen molar-refractivity contribution in [3.05, 3.63) is 0 Å². The summed E-state index contributed by atoms with van der Waals surface area (Å²) in [5, 5.41) is 9.03. The Morgan fingerprint density at radius 2 is 2.23 bits per heavy atom. The van der Waals surface area contributed by atoms with Crippen LogP contribution in [0.15, 0.2) is 0 Å². The number of Topliss-reactive ketones (excluding diaryl/α,β-unsaturated/α-hetero) is 1. The zero-order valence-electron chi connectivity index (χ0n) is 7.87. The van der Waals surface area contributed by atoms with Crippen molar-refractivity contribution in [1.82, 2.24) is 0 Å². The van der Waals surface area contributed by atoms with Crippen molar-refractivity contribution in [2.24, 2.45) is 11.3 Å². The monoisotopic (exact) mass is 186 g/mol. The Hall–Kier alpha value is -0.900. The lowest BCUT2D eigenvalue weighted by molar-refractivity contribution is -0.168. The summed E-state index contributed by atoms with van der Waals surface area (Å²) in [5.41, 5.74) is -1.31. The summed E-state index contributed by atoms with van der Waals surface area (Å²) in [6.07, 6.45) is 0.213. The molecule has 0 saturated carbocycles. The summed E-state index contributed by atoms with van der Waals surface area (Å²) < 4.78 is 5.08. The molecule has 13 heavy (non-hydrogen) atoms. The first kappa shape index (κ1) is 10.2. The third kappa shape index (κ3) is 1.46. The normalized spacial score (nSPS) is 29.3. The van der Waals surface area contributed by atoms with Crippen molar-refractivity contribution in [3.8, 4) is 0 Å². The van der Waals surface area contributed by atoms with Crippen LogP contribution in [-0.2, 0) is 14.3 Å². The van der Waals surface area contributed by atoms with Gasteiger partial charge in [-0.25, -0.2) is 0 Å². The lowest BCUT2D eigenvalue weighted by Crippen LogP contribution is -2.50. The zero-order valence-corrected chi connectivity index (χ0v) is 7.87. The maximum Gasteiger partial charge on any atom is 0.319 e. The molecule has 1 saturated heterocycles. The third-order valence-corrected chi connectivity index (χ3v) is 2.67. The molecule has 1 heterocycles. The molecule has 0 aromatic heterocycles. The minimum atomic E-state index is -1.31. The molecular weight excluding hydrogens is 172 g/mol. The van der Waals surface area contributed by atoms with Crippen LogP contribution in [-0.4, -0.2) is 30.1 Å². The highest BCUT2D eigenvalue weighted by atomic mass is 16.5. The SMILES string of the molecule is CC(C)C1(C(=O)O)COCCC1=O. The van der Waals surface area contributed by atoms with Crippen molar-refractivity contribution in [3.63, 3.8) is 0 Å². The molecule has 1 unspecified atom stereocenters. The smallest absolute Gasteiger partial charge is 0.319 e. The van der Waals surface area contributed by atoms with Gasteiger partial charge in [0.2, 0.25) is 0 Å². The molecule has 1 N–H and O–H groups in total. The summed E-state index contributed by atoms with van der Waals surface area (Å²) in [5.74, 6) is -1.49. The third-order valence-electron chi connectivity index (χ3n) is 2.67. The topological polar surface area (TPSA) is 63.6 Å². The fourth-order valence-electron chi connectivity index (χ4n) is 1.62. The van der Waals surface area contributed by atoms with E-state index in [0.29, 0.717) is 6.61 Å². The van der Waals surface area contributed by atoms with Gasteiger partial charge in [0.1, 0.15) is 0 Å². The Morgan fingerprint density at radius 3 is 2.54 bits per heavy atom. The highest BCUT2D eigenvalue weighted by molar-refractivity contribution is 6.04. The summed E-state index contributed by atoms with van der Waals surface area (Å²) in [7, 11) is 0. The second kappa shape index (κ2) is 3.46. The fraction of sp³-hybridized carbons (Fsp3) is 0.778. The largest absolute Gasteiger partial charge is 0.480 e. The summed E-state index contributed by atoms with van der Waals surface area (Å²) >= 11 is 0. The summed E-state index contributed by atoms with van der Waals surface area (Å²) in [6.45, 7) is 3.83. The lowest BCUT2D eigenvalue weighted by atomic mass is 9.72. The van der Waals surface area contributed by atoms with Crippen LogP contribution in [0.5, 0.6) is 0 Å². The number of carbonyl (C=O) groups excluding carboxylic acids is 1. The minimum Gasteiger partial charge on any atom is -0.480 e. The Bertz CT molecular complexity index is 234. The Labute approximate surface area is 76.9 Å². The van der Waals surface area contributed by atoms with Gasteiger partial charge in [0.05, 0.1) is 13.2 Å². The quantitative estimate of drug-likeness (QED) is 0.645. The molecule has 4 nitrogen and oxygen atoms in total. The second-order valence-electron chi connectivity index (χ2n) is 3.66. The molecule has 1 aliphatic heterocycles. The van der Waals surface area contributed by atoms with Crippen LogP contribution < -0.4 is 0 Å². The van der Waals surface area contributed by atoms with Crippen LogP contribution in [0.2, 0.25) is 0 Å². The van der Waals surface area contributed by atoms with Crippen molar-refractivity contribution in [2.75, 3.05) is 13.2 Å². The van der Waals surface area contributed by atoms with E-state index in [2.05, 4.69) is 0 Å².